The van der Waals surface area contributed by atoms with Crippen LogP contribution in [0.1, 0.15) is 30.1 Å². The molecule has 3 aromatic rings. The van der Waals surface area contributed by atoms with Crippen molar-refractivity contribution >= 4 is 34.4 Å². The van der Waals surface area contributed by atoms with Gasteiger partial charge in [0.1, 0.15) is 5.03 Å². The quantitative estimate of drug-likeness (QED) is 0.469. The Morgan fingerprint density at radius 1 is 1.29 bits per heavy atom. The SMILES string of the molecule is COc1ccc2nccc(C(O)CN3CCC(NCc4cnc5c(c4)NC(=O)CS5)CC3)c2n1. The van der Waals surface area contributed by atoms with Gasteiger partial charge in [0.25, 0.3) is 0 Å². The zero-order valence-corrected chi connectivity index (χ0v) is 19.8. The Balaban J connectivity index is 1.14. The number of nitrogens with one attached hydrogen (secondary N) is 2. The molecular weight excluding hydrogens is 452 g/mol. The molecule has 5 rings (SSSR count). The molecule has 1 atom stereocenters. The first kappa shape index (κ1) is 23.0. The van der Waals surface area contributed by atoms with E-state index in [4.69, 9.17) is 4.74 Å². The highest BCUT2D eigenvalue weighted by Crippen LogP contribution is 2.30. The van der Waals surface area contributed by atoms with Crippen molar-refractivity contribution in [3.63, 3.8) is 0 Å². The van der Waals surface area contributed by atoms with Gasteiger partial charge in [0.2, 0.25) is 11.8 Å². The highest BCUT2D eigenvalue weighted by atomic mass is 32.2. The number of carbonyl (C=O) groups excluding carboxylic acids is 1. The third-order valence-corrected chi connectivity index (χ3v) is 7.30. The van der Waals surface area contributed by atoms with Crippen LogP contribution in [0.3, 0.4) is 0 Å². The summed E-state index contributed by atoms with van der Waals surface area (Å²) >= 11 is 1.47. The maximum absolute atomic E-state index is 11.6. The van der Waals surface area contributed by atoms with Gasteiger partial charge in [-0.2, -0.15) is 0 Å². The van der Waals surface area contributed by atoms with E-state index in [0.29, 0.717) is 36.3 Å². The van der Waals surface area contributed by atoms with E-state index >= 15 is 0 Å². The summed E-state index contributed by atoms with van der Waals surface area (Å²) in [5.74, 6) is 0.956. The summed E-state index contributed by atoms with van der Waals surface area (Å²) in [4.78, 5) is 27.2. The number of methoxy groups -OCH3 is 1. The van der Waals surface area contributed by atoms with Crippen LogP contribution in [-0.4, -0.2) is 69.4 Å². The fourth-order valence-electron chi connectivity index (χ4n) is 4.45. The number of aliphatic hydroxyl groups is 1. The number of anilines is 1. The molecule has 0 bridgehead atoms. The normalized spacial score (nSPS) is 17.9. The third kappa shape index (κ3) is 5.15. The topological polar surface area (TPSA) is 113 Å². The first-order valence-corrected chi connectivity index (χ1v) is 12.4. The van der Waals surface area contributed by atoms with Crippen molar-refractivity contribution in [3.8, 4) is 5.88 Å². The van der Waals surface area contributed by atoms with E-state index in [-0.39, 0.29) is 5.91 Å². The number of ether oxygens (including phenoxy) is 1. The van der Waals surface area contributed by atoms with Crippen LogP contribution in [0.4, 0.5) is 5.69 Å². The maximum Gasteiger partial charge on any atom is 0.234 e. The number of piperidine rings is 1. The van der Waals surface area contributed by atoms with Crippen LogP contribution < -0.4 is 15.4 Å². The molecule has 3 N–H and O–H groups in total. The van der Waals surface area contributed by atoms with Crippen molar-refractivity contribution in [1.29, 1.82) is 0 Å². The zero-order valence-electron chi connectivity index (χ0n) is 19.0. The van der Waals surface area contributed by atoms with Gasteiger partial charge in [-0.25, -0.2) is 9.97 Å². The van der Waals surface area contributed by atoms with Crippen LogP contribution in [0, 0.1) is 0 Å². The number of amides is 1. The average molecular weight is 481 g/mol. The predicted octanol–water partition coefficient (Wildman–Crippen LogP) is 2.37. The van der Waals surface area contributed by atoms with Crippen molar-refractivity contribution in [2.45, 2.75) is 36.6 Å². The van der Waals surface area contributed by atoms with Crippen molar-refractivity contribution in [1.82, 2.24) is 25.2 Å². The Morgan fingerprint density at radius 2 is 2.15 bits per heavy atom. The molecule has 0 radical (unpaired) electrons. The number of likely N-dealkylation sites (tertiary alicyclic amines) is 1. The molecule has 0 aromatic carbocycles. The van der Waals surface area contributed by atoms with Gasteiger partial charge in [0, 0.05) is 43.2 Å². The van der Waals surface area contributed by atoms with E-state index in [1.54, 1.807) is 19.4 Å². The Kier molecular flexibility index (Phi) is 6.91. The van der Waals surface area contributed by atoms with Crippen molar-refractivity contribution in [2.75, 3.05) is 37.8 Å². The molecule has 5 heterocycles. The highest BCUT2D eigenvalue weighted by Gasteiger charge is 2.23. The summed E-state index contributed by atoms with van der Waals surface area (Å²) in [5.41, 5.74) is 4.07. The Bertz CT molecular complexity index is 1180. The van der Waals surface area contributed by atoms with Crippen molar-refractivity contribution in [3.05, 3.63) is 47.8 Å². The molecule has 2 aliphatic heterocycles. The number of hydrogen-bond donors (Lipinski definition) is 3. The lowest BCUT2D eigenvalue weighted by Crippen LogP contribution is -2.43. The second-order valence-corrected chi connectivity index (χ2v) is 9.59. The molecule has 0 spiro atoms. The van der Waals surface area contributed by atoms with Crippen LogP contribution in [0.15, 0.2) is 41.7 Å². The molecule has 1 fully saturated rings. The van der Waals surface area contributed by atoms with Gasteiger partial charge in [-0.05, 0) is 49.7 Å². The molecular formula is C24H28N6O3S. The van der Waals surface area contributed by atoms with Gasteiger partial charge >= 0.3 is 0 Å². The van der Waals surface area contributed by atoms with E-state index in [2.05, 4.69) is 30.5 Å². The maximum atomic E-state index is 11.6. The van der Waals surface area contributed by atoms with Crippen LogP contribution in [0.2, 0.25) is 0 Å². The van der Waals surface area contributed by atoms with Crippen LogP contribution in [-0.2, 0) is 11.3 Å². The first-order chi connectivity index (χ1) is 16.6. The summed E-state index contributed by atoms with van der Waals surface area (Å²) < 4.78 is 5.24. The number of aromatic nitrogens is 3. The van der Waals surface area contributed by atoms with Gasteiger partial charge in [-0.1, -0.05) is 11.8 Å². The Morgan fingerprint density at radius 3 is 2.97 bits per heavy atom. The summed E-state index contributed by atoms with van der Waals surface area (Å²) in [6, 6.07) is 7.88. The summed E-state index contributed by atoms with van der Waals surface area (Å²) in [6.45, 7) is 3.08. The van der Waals surface area contributed by atoms with Crippen LogP contribution >= 0.6 is 11.8 Å². The van der Waals surface area contributed by atoms with Crippen LogP contribution in [0.5, 0.6) is 5.88 Å². The molecule has 3 aromatic heterocycles. The van der Waals surface area contributed by atoms with E-state index in [9.17, 15) is 9.90 Å². The van der Waals surface area contributed by atoms with Gasteiger partial charge in [0.05, 0.1) is 35.7 Å². The number of aliphatic hydroxyl groups excluding tert-OH is 1. The minimum absolute atomic E-state index is 0.0219. The van der Waals surface area contributed by atoms with E-state index in [1.165, 1.54) is 11.8 Å². The van der Waals surface area contributed by atoms with Gasteiger partial charge in [-0.15, -0.1) is 0 Å². The second kappa shape index (κ2) is 10.2. The van der Waals surface area contributed by atoms with E-state index in [1.807, 2.05) is 24.4 Å². The molecule has 1 amide bonds. The van der Waals surface area contributed by atoms with Crippen molar-refractivity contribution in [2.24, 2.45) is 0 Å². The Labute approximate surface area is 202 Å². The van der Waals surface area contributed by atoms with Gasteiger partial charge in [0.15, 0.2) is 0 Å². The zero-order chi connectivity index (χ0) is 23.5. The Hall–Kier alpha value is -2.79. The molecule has 1 saturated heterocycles. The number of thioether (sulfide) groups is 1. The molecule has 34 heavy (non-hydrogen) atoms. The smallest absolute Gasteiger partial charge is 0.234 e. The number of nitrogens with zero attached hydrogens (tertiary/aromatic N) is 4. The largest absolute Gasteiger partial charge is 0.481 e. The standard InChI is InChI=1S/C24H28N6O3S/c1-33-22-3-2-18-23(29-22)17(4-7-25-18)20(31)13-30-8-5-16(6-9-30)26-11-15-10-19-24(27-12-15)34-14-21(32)28-19/h2-4,7,10,12,16,20,26,31H,5-6,8-9,11,13-14H2,1H3,(H,28,32). The molecule has 0 aliphatic carbocycles. The lowest BCUT2D eigenvalue weighted by Gasteiger charge is -2.33. The minimum atomic E-state index is -0.649. The fraction of sp³-hybridized carbons (Fsp3) is 0.417. The summed E-state index contributed by atoms with van der Waals surface area (Å²) in [5, 5.41) is 18.4. The number of hydrogen-bond acceptors (Lipinski definition) is 9. The molecule has 2 aliphatic rings. The molecule has 9 nitrogen and oxygen atoms in total. The highest BCUT2D eigenvalue weighted by molar-refractivity contribution is 8.00. The first-order valence-electron chi connectivity index (χ1n) is 11.4. The molecule has 0 saturated carbocycles. The van der Waals surface area contributed by atoms with E-state index < -0.39 is 6.10 Å². The summed E-state index contributed by atoms with van der Waals surface area (Å²) in [7, 11) is 1.58. The second-order valence-electron chi connectivity index (χ2n) is 8.63. The van der Waals surface area contributed by atoms with Crippen LogP contribution in [0.25, 0.3) is 11.0 Å². The number of carbonyl (C=O) groups is 1. The number of β-amino-alcohol motifs (C(OH)–C–C–N with tert-alkyl or cyclic N) is 1. The average Bonchev–Trinajstić information content (AvgIpc) is 2.87. The number of rotatable bonds is 7. The molecule has 178 valence electrons. The number of fused-ring (bicyclic) bond motifs is 2. The van der Waals surface area contributed by atoms with Gasteiger partial charge < -0.3 is 25.4 Å². The molecule has 1 unspecified atom stereocenters. The van der Waals surface area contributed by atoms with Crippen molar-refractivity contribution < 1.29 is 14.6 Å². The summed E-state index contributed by atoms with van der Waals surface area (Å²) in [6.07, 6.45) is 4.94. The number of pyridine rings is 3. The van der Waals surface area contributed by atoms with E-state index in [0.717, 1.165) is 53.3 Å². The van der Waals surface area contributed by atoms with Gasteiger partial charge in [-0.3, -0.25) is 9.78 Å². The fourth-order valence-corrected chi connectivity index (χ4v) is 5.18. The minimum Gasteiger partial charge on any atom is -0.481 e. The lowest BCUT2D eigenvalue weighted by molar-refractivity contribution is -0.113. The third-order valence-electron chi connectivity index (χ3n) is 6.29. The lowest BCUT2D eigenvalue weighted by atomic mass is 10.0. The predicted molar refractivity (Wildman–Crippen MR) is 131 cm³/mol. The monoisotopic (exact) mass is 480 g/mol. The molecule has 10 heteroatoms.